The Balaban J connectivity index is 2.80. The summed E-state index contributed by atoms with van der Waals surface area (Å²) in [5, 5.41) is 12.1. The monoisotopic (exact) mass is 178 g/mol. The smallest absolute Gasteiger partial charge is 0.0871 e. The first kappa shape index (κ1) is 9.71. The standard InChI is InChI=1S/C10H14N2O/c1-8(2)7-10(12-13)9-3-5-11-6-4-9/h3-6,8,13H,7H2,1-2H3/b12-10-. The van der Waals surface area contributed by atoms with Crippen LogP contribution in [0, 0.1) is 5.92 Å². The summed E-state index contributed by atoms with van der Waals surface area (Å²) in [6, 6.07) is 3.69. The normalized spacial score (nSPS) is 12.1. The lowest BCUT2D eigenvalue weighted by molar-refractivity contribution is 0.317. The molecule has 0 amide bonds. The van der Waals surface area contributed by atoms with E-state index in [0.29, 0.717) is 5.92 Å². The molecule has 1 aromatic rings. The van der Waals surface area contributed by atoms with E-state index in [1.807, 2.05) is 12.1 Å². The van der Waals surface area contributed by atoms with Crippen LogP contribution in [0.25, 0.3) is 0 Å². The van der Waals surface area contributed by atoms with Crippen molar-refractivity contribution in [2.75, 3.05) is 0 Å². The average molecular weight is 178 g/mol. The summed E-state index contributed by atoms with van der Waals surface area (Å²) < 4.78 is 0. The van der Waals surface area contributed by atoms with E-state index in [4.69, 9.17) is 5.21 Å². The number of hydrogen-bond donors (Lipinski definition) is 1. The van der Waals surface area contributed by atoms with Gasteiger partial charge in [0.1, 0.15) is 0 Å². The summed E-state index contributed by atoms with van der Waals surface area (Å²) in [5.41, 5.74) is 1.66. The second-order valence-corrected chi connectivity index (χ2v) is 3.38. The number of nitrogens with zero attached hydrogens (tertiary/aromatic N) is 2. The summed E-state index contributed by atoms with van der Waals surface area (Å²) in [5.74, 6) is 0.485. The van der Waals surface area contributed by atoms with Crippen molar-refractivity contribution in [1.29, 1.82) is 0 Å². The first-order valence-corrected chi connectivity index (χ1v) is 4.35. The Kier molecular flexibility index (Phi) is 3.43. The summed E-state index contributed by atoms with van der Waals surface area (Å²) >= 11 is 0. The molecule has 0 saturated carbocycles. The molecule has 0 bridgehead atoms. The molecule has 70 valence electrons. The van der Waals surface area contributed by atoms with Crippen LogP contribution in [0.2, 0.25) is 0 Å². The molecule has 1 rings (SSSR count). The van der Waals surface area contributed by atoms with Gasteiger partial charge in [-0.25, -0.2) is 0 Å². The first-order chi connectivity index (χ1) is 6.24. The van der Waals surface area contributed by atoms with Gasteiger partial charge in [-0.3, -0.25) is 4.98 Å². The Labute approximate surface area is 78.1 Å². The van der Waals surface area contributed by atoms with E-state index in [9.17, 15) is 0 Å². The summed E-state index contributed by atoms with van der Waals surface area (Å²) in [6.45, 7) is 4.18. The number of hydrogen-bond acceptors (Lipinski definition) is 3. The van der Waals surface area contributed by atoms with Crippen LogP contribution < -0.4 is 0 Å². The fourth-order valence-corrected chi connectivity index (χ4v) is 1.15. The van der Waals surface area contributed by atoms with Crippen LogP contribution in [-0.2, 0) is 0 Å². The average Bonchev–Trinajstić information content (AvgIpc) is 2.15. The van der Waals surface area contributed by atoms with E-state index in [0.717, 1.165) is 17.7 Å². The molecule has 0 spiro atoms. The second-order valence-electron chi connectivity index (χ2n) is 3.38. The Bertz CT molecular complexity index is 280. The molecule has 1 heterocycles. The maximum absolute atomic E-state index is 8.80. The third-order valence-electron chi connectivity index (χ3n) is 1.74. The van der Waals surface area contributed by atoms with Crippen LogP contribution in [0.3, 0.4) is 0 Å². The van der Waals surface area contributed by atoms with Gasteiger partial charge in [0.2, 0.25) is 0 Å². The van der Waals surface area contributed by atoms with Gasteiger partial charge in [0.15, 0.2) is 0 Å². The lowest BCUT2D eigenvalue weighted by Crippen LogP contribution is -2.05. The third kappa shape index (κ3) is 2.86. The highest BCUT2D eigenvalue weighted by atomic mass is 16.4. The molecule has 0 radical (unpaired) electrons. The van der Waals surface area contributed by atoms with Crippen LogP contribution in [0.15, 0.2) is 29.7 Å². The van der Waals surface area contributed by atoms with Gasteiger partial charge in [0, 0.05) is 18.0 Å². The molecule has 13 heavy (non-hydrogen) atoms. The van der Waals surface area contributed by atoms with Gasteiger partial charge in [0.25, 0.3) is 0 Å². The van der Waals surface area contributed by atoms with Crippen molar-refractivity contribution in [3.8, 4) is 0 Å². The molecule has 0 aliphatic heterocycles. The topological polar surface area (TPSA) is 45.5 Å². The predicted octanol–water partition coefficient (Wildman–Crippen LogP) is 2.31. The molecule has 0 saturated heterocycles. The molecular weight excluding hydrogens is 164 g/mol. The van der Waals surface area contributed by atoms with E-state index >= 15 is 0 Å². The van der Waals surface area contributed by atoms with E-state index in [-0.39, 0.29) is 0 Å². The second kappa shape index (κ2) is 4.60. The van der Waals surface area contributed by atoms with Crippen LogP contribution in [0.5, 0.6) is 0 Å². The van der Waals surface area contributed by atoms with Crippen LogP contribution in [-0.4, -0.2) is 15.9 Å². The van der Waals surface area contributed by atoms with E-state index in [2.05, 4.69) is 24.0 Å². The van der Waals surface area contributed by atoms with Crippen LogP contribution in [0.1, 0.15) is 25.8 Å². The highest BCUT2D eigenvalue weighted by Gasteiger charge is 2.05. The lowest BCUT2D eigenvalue weighted by Gasteiger charge is -2.06. The molecular formula is C10H14N2O. The quantitative estimate of drug-likeness (QED) is 0.438. The molecule has 0 unspecified atom stereocenters. The summed E-state index contributed by atoms with van der Waals surface area (Å²) in [4.78, 5) is 3.90. The molecule has 0 fully saturated rings. The Hall–Kier alpha value is -1.38. The van der Waals surface area contributed by atoms with Crippen molar-refractivity contribution in [2.45, 2.75) is 20.3 Å². The Morgan fingerprint density at radius 2 is 2.08 bits per heavy atom. The first-order valence-electron chi connectivity index (χ1n) is 4.35. The van der Waals surface area contributed by atoms with Gasteiger partial charge < -0.3 is 5.21 Å². The molecule has 0 aliphatic rings. The summed E-state index contributed by atoms with van der Waals surface area (Å²) in [6.07, 6.45) is 4.17. The third-order valence-corrected chi connectivity index (χ3v) is 1.74. The maximum atomic E-state index is 8.80. The van der Waals surface area contributed by atoms with Gasteiger partial charge >= 0.3 is 0 Å². The molecule has 1 N–H and O–H groups in total. The van der Waals surface area contributed by atoms with Gasteiger partial charge in [0.05, 0.1) is 5.71 Å². The lowest BCUT2D eigenvalue weighted by atomic mass is 10.0. The number of aromatic nitrogens is 1. The SMILES string of the molecule is CC(C)C/C(=N/O)c1ccncc1. The minimum absolute atomic E-state index is 0.485. The van der Waals surface area contributed by atoms with Crippen molar-refractivity contribution in [3.05, 3.63) is 30.1 Å². The molecule has 0 atom stereocenters. The van der Waals surface area contributed by atoms with Crippen LogP contribution >= 0.6 is 0 Å². The Morgan fingerprint density at radius 1 is 1.46 bits per heavy atom. The zero-order valence-electron chi connectivity index (χ0n) is 7.94. The highest BCUT2D eigenvalue weighted by Crippen LogP contribution is 2.08. The van der Waals surface area contributed by atoms with Gasteiger partial charge in [-0.05, 0) is 24.5 Å². The van der Waals surface area contributed by atoms with Gasteiger partial charge in [-0.15, -0.1) is 0 Å². The van der Waals surface area contributed by atoms with Crippen molar-refractivity contribution >= 4 is 5.71 Å². The van der Waals surface area contributed by atoms with E-state index in [1.54, 1.807) is 12.4 Å². The van der Waals surface area contributed by atoms with Crippen LogP contribution in [0.4, 0.5) is 0 Å². The molecule has 0 aliphatic carbocycles. The molecule has 1 aromatic heterocycles. The predicted molar refractivity (Wildman–Crippen MR) is 52.0 cm³/mol. The Morgan fingerprint density at radius 3 is 2.54 bits per heavy atom. The molecule has 0 aromatic carbocycles. The van der Waals surface area contributed by atoms with Gasteiger partial charge in [-0.1, -0.05) is 19.0 Å². The number of pyridine rings is 1. The fraction of sp³-hybridized carbons (Fsp3) is 0.400. The van der Waals surface area contributed by atoms with E-state index in [1.165, 1.54) is 0 Å². The van der Waals surface area contributed by atoms with E-state index < -0.39 is 0 Å². The van der Waals surface area contributed by atoms with Crippen molar-refractivity contribution < 1.29 is 5.21 Å². The van der Waals surface area contributed by atoms with Crippen molar-refractivity contribution in [2.24, 2.45) is 11.1 Å². The summed E-state index contributed by atoms with van der Waals surface area (Å²) in [7, 11) is 0. The zero-order valence-corrected chi connectivity index (χ0v) is 7.94. The minimum atomic E-state index is 0.485. The minimum Gasteiger partial charge on any atom is -0.411 e. The number of oxime groups is 1. The fourth-order valence-electron chi connectivity index (χ4n) is 1.15. The van der Waals surface area contributed by atoms with Crippen molar-refractivity contribution in [3.63, 3.8) is 0 Å². The zero-order chi connectivity index (χ0) is 9.68. The number of rotatable bonds is 3. The molecule has 3 nitrogen and oxygen atoms in total. The largest absolute Gasteiger partial charge is 0.411 e. The van der Waals surface area contributed by atoms with Crippen molar-refractivity contribution in [1.82, 2.24) is 4.98 Å². The highest BCUT2D eigenvalue weighted by molar-refractivity contribution is 6.00. The maximum Gasteiger partial charge on any atom is 0.0871 e. The van der Waals surface area contributed by atoms with Gasteiger partial charge in [-0.2, -0.15) is 0 Å². The molecule has 3 heteroatoms.